The normalized spacial score (nSPS) is 56.2. The summed E-state index contributed by atoms with van der Waals surface area (Å²) >= 11 is 0. The van der Waals surface area contributed by atoms with Crippen LogP contribution in [0.3, 0.4) is 0 Å². The fourth-order valence-corrected chi connectivity index (χ4v) is 6.69. The molecule has 0 unspecified atom stereocenters. The minimum atomic E-state index is -0.506. The van der Waals surface area contributed by atoms with Gasteiger partial charge < -0.3 is 10.2 Å². The highest BCUT2D eigenvalue weighted by atomic mass is 16.3. The Hall–Kier alpha value is -0.340. The van der Waals surface area contributed by atoms with Crippen molar-refractivity contribution in [1.29, 1.82) is 0 Å². The van der Waals surface area contributed by atoms with Crippen LogP contribution in [0.5, 0.6) is 0 Å². The van der Waals surface area contributed by atoms with E-state index in [1.54, 1.807) is 5.57 Å². The Labute approximate surface area is 128 Å². The van der Waals surface area contributed by atoms with Gasteiger partial charge in [-0.3, -0.25) is 0 Å². The Bertz CT molecular complexity index is 470. The maximum atomic E-state index is 10.5. The van der Waals surface area contributed by atoms with Crippen LogP contribution in [0.4, 0.5) is 0 Å². The van der Waals surface area contributed by atoms with E-state index in [-0.39, 0.29) is 5.41 Å². The summed E-state index contributed by atoms with van der Waals surface area (Å²) in [5.41, 5.74) is 2.11. The van der Waals surface area contributed by atoms with E-state index in [1.807, 2.05) is 0 Å². The second kappa shape index (κ2) is 4.58. The number of fused-ring (bicyclic) bond motifs is 5. The molecule has 0 saturated heterocycles. The minimum absolute atomic E-state index is 0.0447. The Morgan fingerprint density at radius 1 is 1.10 bits per heavy atom. The molecule has 0 aromatic carbocycles. The lowest BCUT2D eigenvalue weighted by Crippen LogP contribution is -2.50. The van der Waals surface area contributed by atoms with Gasteiger partial charge in [0.15, 0.2) is 0 Å². The van der Waals surface area contributed by atoms with E-state index in [0.717, 1.165) is 18.8 Å². The van der Waals surface area contributed by atoms with Crippen LogP contribution >= 0.6 is 0 Å². The van der Waals surface area contributed by atoms with Crippen molar-refractivity contribution < 1.29 is 10.2 Å². The van der Waals surface area contributed by atoms with Crippen LogP contribution in [0, 0.1) is 28.6 Å². The number of hydrogen-bond acceptors (Lipinski definition) is 2. The van der Waals surface area contributed by atoms with Crippen LogP contribution in [-0.2, 0) is 0 Å². The molecule has 118 valence electrons. The smallest absolute Gasteiger partial charge is 0.0855 e. The molecule has 0 heterocycles. The molecule has 4 aliphatic rings. The molecular formula is C19H30O2. The van der Waals surface area contributed by atoms with Crippen LogP contribution in [0.1, 0.15) is 65.2 Å². The molecule has 0 aromatic heterocycles. The van der Waals surface area contributed by atoms with Crippen LogP contribution in [-0.4, -0.2) is 22.4 Å². The van der Waals surface area contributed by atoms with Crippen LogP contribution < -0.4 is 0 Å². The number of rotatable bonds is 0. The lowest BCUT2D eigenvalue weighted by Gasteiger charge is -2.57. The second-order valence-corrected chi connectivity index (χ2v) is 8.76. The Morgan fingerprint density at radius 2 is 1.90 bits per heavy atom. The molecule has 7 atom stereocenters. The summed E-state index contributed by atoms with van der Waals surface area (Å²) in [7, 11) is 0. The molecule has 3 fully saturated rings. The first-order valence-corrected chi connectivity index (χ1v) is 9.02. The van der Waals surface area contributed by atoms with E-state index < -0.39 is 12.2 Å². The predicted octanol–water partition coefficient (Wildman–Crippen LogP) is 3.67. The van der Waals surface area contributed by atoms with Gasteiger partial charge in [-0.05, 0) is 73.5 Å². The van der Waals surface area contributed by atoms with E-state index in [9.17, 15) is 10.2 Å². The first-order chi connectivity index (χ1) is 9.97. The molecule has 4 rings (SSSR count). The molecule has 2 N–H and O–H groups in total. The summed E-state index contributed by atoms with van der Waals surface area (Å²) in [5.74, 6) is 1.98. The fourth-order valence-electron chi connectivity index (χ4n) is 6.69. The highest BCUT2D eigenvalue weighted by Gasteiger charge is 2.60. The molecule has 2 nitrogen and oxygen atoms in total. The summed E-state index contributed by atoms with van der Waals surface area (Å²) in [5, 5.41) is 20.7. The van der Waals surface area contributed by atoms with Gasteiger partial charge in [-0.15, -0.1) is 0 Å². The van der Waals surface area contributed by atoms with Gasteiger partial charge in [-0.1, -0.05) is 31.9 Å². The van der Waals surface area contributed by atoms with Gasteiger partial charge in [-0.25, -0.2) is 0 Å². The van der Waals surface area contributed by atoms with E-state index in [4.69, 9.17) is 0 Å². The number of allylic oxidation sites excluding steroid dienone is 2. The minimum Gasteiger partial charge on any atom is -0.390 e. The molecule has 0 spiro atoms. The number of aliphatic hydroxyl groups is 2. The molecular weight excluding hydrogens is 260 g/mol. The summed E-state index contributed by atoms with van der Waals surface area (Å²) in [4.78, 5) is 0. The third-order valence-electron chi connectivity index (χ3n) is 7.99. The summed E-state index contributed by atoms with van der Waals surface area (Å²) in [6, 6.07) is 0. The quantitative estimate of drug-likeness (QED) is 0.668. The topological polar surface area (TPSA) is 40.5 Å². The number of aliphatic hydroxyl groups excluding tert-OH is 2. The highest BCUT2D eigenvalue weighted by Crippen LogP contribution is 2.64. The zero-order chi connectivity index (χ0) is 14.8. The van der Waals surface area contributed by atoms with Crippen molar-refractivity contribution in [2.45, 2.75) is 77.4 Å². The zero-order valence-electron chi connectivity index (χ0n) is 13.5. The Kier molecular flexibility index (Phi) is 3.11. The SMILES string of the molecule is C[C@]12CC[C@H]3[C@@H](CC=C4CCCC[C@@]43C)[C@@H]1C[C@@H](O)[C@@H]2O. The second-order valence-electron chi connectivity index (χ2n) is 8.76. The largest absolute Gasteiger partial charge is 0.390 e. The van der Waals surface area contributed by atoms with Crippen molar-refractivity contribution >= 4 is 0 Å². The molecule has 3 saturated carbocycles. The first kappa shape index (κ1) is 14.3. The molecule has 0 radical (unpaired) electrons. The van der Waals surface area contributed by atoms with Crippen molar-refractivity contribution in [2.75, 3.05) is 0 Å². The Balaban J connectivity index is 1.70. The molecule has 2 heteroatoms. The van der Waals surface area contributed by atoms with Gasteiger partial charge in [0, 0.05) is 0 Å². The summed E-state index contributed by atoms with van der Waals surface area (Å²) in [6.45, 7) is 4.75. The van der Waals surface area contributed by atoms with Crippen molar-refractivity contribution in [1.82, 2.24) is 0 Å². The van der Waals surface area contributed by atoms with Crippen molar-refractivity contribution in [2.24, 2.45) is 28.6 Å². The van der Waals surface area contributed by atoms with Gasteiger partial charge in [0.05, 0.1) is 12.2 Å². The fraction of sp³-hybridized carbons (Fsp3) is 0.895. The average Bonchev–Trinajstić information content (AvgIpc) is 2.70. The summed E-state index contributed by atoms with van der Waals surface area (Å²) in [6.07, 6.45) is 11.3. The number of hydrogen-bond donors (Lipinski definition) is 2. The van der Waals surface area contributed by atoms with Crippen molar-refractivity contribution in [3.63, 3.8) is 0 Å². The first-order valence-electron chi connectivity index (χ1n) is 9.02. The molecule has 21 heavy (non-hydrogen) atoms. The van der Waals surface area contributed by atoms with Crippen LogP contribution in [0.2, 0.25) is 0 Å². The van der Waals surface area contributed by atoms with Gasteiger partial charge in [0.25, 0.3) is 0 Å². The van der Waals surface area contributed by atoms with Crippen molar-refractivity contribution in [3.8, 4) is 0 Å². The van der Waals surface area contributed by atoms with Gasteiger partial charge in [-0.2, -0.15) is 0 Å². The molecule has 0 aliphatic heterocycles. The lowest BCUT2D eigenvalue weighted by atomic mass is 9.48. The molecule has 0 aromatic rings. The Morgan fingerprint density at radius 3 is 2.71 bits per heavy atom. The van der Waals surface area contributed by atoms with Gasteiger partial charge in [0.2, 0.25) is 0 Å². The average molecular weight is 290 g/mol. The standard InChI is InChI=1S/C19H30O2/c1-18-9-4-3-5-12(18)6-7-13-14(18)8-10-19(2)15(13)11-16(20)17(19)21/h6,13-17,20-21H,3-5,7-11H2,1-2H3/t13-,14+,15+,16-,17+,18+,19+/m1/s1. The predicted molar refractivity (Wildman–Crippen MR) is 83.7 cm³/mol. The third-order valence-corrected chi connectivity index (χ3v) is 7.99. The zero-order valence-corrected chi connectivity index (χ0v) is 13.5. The monoisotopic (exact) mass is 290 g/mol. The van der Waals surface area contributed by atoms with Crippen LogP contribution in [0.25, 0.3) is 0 Å². The van der Waals surface area contributed by atoms with E-state index in [0.29, 0.717) is 17.3 Å². The molecule has 0 amide bonds. The van der Waals surface area contributed by atoms with E-state index in [2.05, 4.69) is 19.9 Å². The molecule has 0 bridgehead atoms. The lowest BCUT2D eigenvalue weighted by molar-refractivity contribution is -0.0782. The van der Waals surface area contributed by atoms with Gasteiger partial charge >= 0.3 is 0 Å². The van der Waals surface area contributed by atoms with E-state index in [1.165, 1.54) is 38.5 Å². The highest BCUT2D eigenvalue weighted by molar-refractivity contribution is 5.24. The van der Waals surface area contributed by atoms with E-state index >= 15 is 0 Å². The van der Waals surface area contributed by atoms with Crippen LogP contribution in [0.15, 0.2) is 11.6 Å². The molecule has 4 aliphatic carbocycles. The maximum Gasteiger partial charge on any atom is 0.0855 e. The maximum absolute atomic E-state index is 10.5. The van der Waals surface area contributed by atoms with Gasteiger partial charge in [0.1, 0.15) is 0 Å². The third kappa shape index (κ3) is 1.78. The summed E-state index contributed by atoms with van der Waals surface area (Å²) < 4.78 is 0. The van der Waals surface area contributed by atoms with Crippen molar-refractivity contribution in [3.05, 3.63) is 11.6 Å².